The van der Waals surface area contributed by atoms with E-state index in [1.807, 2.05) is 0 Å². The van der Waals surface area contributed by atoms with Gasteiger partial charge in [-0.2, -0.15) is 4.98 Å². The van der Waals surface area contributed by atoms with Crippen LogP contribution in [-0.4, -0.2) is 36.2 Å². The predicted octanol–water partition coefficient (Wildman–Crippen LogP) is 2.48. The van der Waals surface area contributed by atoms with Gasteiger partial charge in [0.05, 0.1) is 0 Å². The molecule has 1 aromatic heterocycles. The van der Waals surface area contributed by atoms with E-state index in [2.05, 4.69) is 46.5 Å². The lowest BCUT2D eigenvalue weighted by molar-refractivity contribution is 0.368. The standard InChI is InChI=1S/C15H29N5O/c1-5-6-7-10-17-15(16-4)18-11-8-9-13-19-14(12(2)3)20-21-13/h12H,5-11H2,1-4H3,(H2,16,17,18). The topological polar surface area (TPSA) is 75.3 Å². The normalized spacial score (nSPS) is 12.0. The van der Waals surface area contributed by atoms with Crippen molar-refractivity contribution >= 4 is 5.96 Å². The quantitative estimate of drug-likeness (QED) is 0.416. The molecule has 6 nitrogen and oxygen atoms in total. The maximum Gasteiger partial charge on any atom is 0.226 e. The van der Waals surface area contributed by atoms with Crippen LogP contribution >= 0.6 is 0 Å². The first-order valence-corrected chi connectivity index (χ1v) is 7.94. The van der Waals surface area contributed by atoms with Gasteiger partial charge in [0.15, 0.2) is 11.8 Å². The highest BCUT2D eigenvalue weighted by Crippen LogP contribution is 2.10. The Balaban J connectivity index is 2.16. The summed E-state index contributed by atoms with van der Waals surface area (Å²) in [6, 6.07) is 0. The van der Waals surface area contributed by atoms with Crippen LogP contribution in [0.1, 0.15) is 64.1 Å². The Hall–Kier alpha value is -1.59. The van der Waals surface area contributed by atoms with Gasteiger partial charge in [0, 0.05) is 32.5 Å². The van der Waals surface area contributed by atoms with E-state index in [0.717, 1.165) is 37.7 Å². The minimum absolute atomic E-state index is 0.312. The predicted molar refractivity (Wildman–Crippen MR) is 85.6 cm³/mol. The Kier molecular flexibility index (Phi) is 8.47. The third kappa shape index (κ3) is 7.11. The first-order valence-electron chi connectivity index (χ1n) is 7.94. The Morgan fingerprint density at radius 1 is 1.19 bits per heavy atom. The number of aryl methyl sites for hydroxylation is 1. The molecule has 0 aliphatic rings. The van der Waals surface area contributed by atoms with Crippen LogP contribution in [0.5, 0.6) is 0 Å². The Bertz CT molecular complexity index is 414. The third-order valence-corrected chi connectivity index (χ3v) is 3.16. The maximum atomic E-state index is 5.22. The second kappa shape index (κ2) is 10.2. The fourth-order valence-electron chi connectivity index (χ4n) is 1.85. The number of aliphatic imine (C=N–C) groups is 1. The number of hydrogen-bond donors (Lipinski definition) is 2. The van der Waals surface area contributed by atoms with Gasteiger partial charge in [0.2, 0.25) is 5.89 Å². The molecule has 1 aromatic rings. The summed E-state index contributed by atoms with van der Waals surface area (Å²) in [7, 11) is 1.79. The van der Waals surface area contributed by atoms with Crippen molar-refractivity contribution in [1.29, 1.82) is 0 Å². The second-order valence-corrected chi connectivity index (χ2v) is 5.44. The molecule has 21 heavy (non-hydrogen) atoms. The zero-order valence-electron chi connectivity index (χ0n) is 13.8. The van der Waals surface area contributed by atoms with Crippen LogP contribution in [0, 0.1) is 0 Å². The lowest BCUT2D eigenvalue weighted by Gasteiger charge is -2.10. The lowest BCUT2D eigenvalue weighted by atomic mass is 10.2. The van der Waals surface area contributed by atoms with Crippen LogP contribution in [0.2, 0.25) is 0 Å². The maximum absolute atomic E-state index is 5.22. The van der Waals surface area contributed by atoms with Crippen LogP contribution in [0.3, 0.4) is 0 Å². The van der Waals surface area contributed by atoms with Crippen molar-refractivity contribution in [2.24, 2.45) is 4.99 Å². The number of rotatable bonds is 9. The molecule has 1 heterocycles. The van der Waals surface area contributed by atoms with Crippen LogP contribution in [0.4, 0.5) is 0 Å². The van der Waals surface area contributed by atoms with Crippen molar-refractivity contribution in [3.63, 3.8) is 0 Å². The summed E-state index contributed by atoms with van der Waals surface area (Å²) in [5.74, 6) is 2.67. The molecule has 0 spiro atoms. The van der Waals surface area contributed by atoms with Gasteiger partial charge in [-0.3, -0.25) is 4.99 Å². The van der Waals surface area contributed by atoms with Crippen molar-refractivity contribution in [2.45, 2.75) is 58.8 Å². The molecule has 2 N–H and O–H groups in total. The molecular formula is C15H29N5O. The molecule has 0 aliphatic carbocycles. The van der Waals surface area contributed by atoms with Gasteiger partial charge < -0.3 is 15.2 Å². The van der Waals surface area contributed by atoms with Gasteiger partial charge in [-0.1, -0.05) is 38.8 Å². The van der Waals surface area contributed by atoms with Crippen molar-refractivity contribution in [1.82, 2.24) is 20.8 Å². The highest BCUT2D eigenvalue weighted by molar-refractivity contribution is 5.79. The van der Waals surface area contributed by atoms with Crippen molar-refractivity contribution < 1.29 is 4.52 Å². The lowest BCUT2D eigenvalue weighted by Crippen LogP contribution is -2.38. The van der Waals surface area contributed by atoms with Gasteiger partial charge in [0.25, 0.3) is 0 Å². The molecule has 0 saturated heterocycles. The Morgan fingerprint density at radius 2 is 1.90 bits per heavy atom. The third-order valence-electron chi connectivity index (χ3n) is 3.16. The van der Waals surface area contributed by atoms with Gasteiger partial charge in [-0.25, -0.2) is 0 Å². The summed E-state index contributed by atoms with van der Waals surface area (Å²) in [5.41, 5.74) is 0. The van der Waals surface area contributed by atoms with E-state index >= 15 is 0 Å². The van der Waals surface area contributed by atoms with Gasteiger partial charge in [-0.15, -0.1) is 0 Å². The number of guanidine groups is 1. The average Bonchev–Trinajstić information content (AvgIpc) is 2.94. The van der Waals surface area contributed by atoms with Crippen molar-refractivity contribution in [3.8, 4) is 0 Å². The van der Waals surface area contributed by atoms with E-state index in [4.69, 9.17) is 4.52 Å². The smallest absolute Gasteiger partial charge is 0.226 e. The fraction of sp³-hybridized carbons (Fsp3) is 0.800. The van der Waals surface area contributed by atoms with Crippen LogP contribution in [0.25, 0.3) is 0 Å². The molecule has 0 aliphatic heterocycles. The summed E-state index contributed by atoms with van der Waals surface area (Å²) in [6.07, 6.45) is 5.39. The summed E-state index contributed by atoms with van der Waals surface area (Å²) >= 11 is 0. The number of aromatic nitrogens is 2. The van der Waals surface area contributed by atoms with Crippen LogP contribution in [0.15, 0.2) is 9.52 Å². The van der Waals surface area contributed by atoms with Gasteiger partial charge >= 0.3 is 0 Å². The molecule has 0 saturated carbocycles. The molecule has 1 rings (SSSR count). The van der Waals surface area contributed by atoms with E-state index in [1.165, 1.54) is 19.3 Å². The number of nitrogens with zero attached hydrogens (tertiary/aromatic N) is 3. The summed E-state index contributed by atoms with van der Waals surface area (Å²) in [4.78, 5) is 8.57. The molecule has 0 radical (unpaired) electrons. The molecule has 0 bridgehead atoms. The summed E-state index contributed by atoms with van der Waals surface area (Å²) < 4.78 is 5.22. The summed E-state index contributed by atoms with van der Waals surface area (Å²) in [5, 5.41) is 10.6. The fourth-order valence-corrected chi connectivity index (χ4v) is 1.85. The highest BCUT2D eigenvalue weighted by atomic mass is 16.5. The van der Waals surface area contributed by atoms with E-state index in [-0.39, 0.29) is 0 Å². The van der Waals surface area contributed by atoms with Crippen LogP contribution < -0.4 is 10.6 Å². The molecule has 0 aromatic carbocycles. The van der Waals surface area contributed by atoms with Crippen molar-refractivity contribution in [3.05, 3.63) is 11.7 Å². The van der Waals surface area contributed by atoms with E-state index in [0.29, 0.717) is 11.8 Å². The minimum Gasteiger partial charge on any atom is -0.356 e. The first kappa shape index (κ1) is 17.5. The molecule has 0 unspecified atom stereocenters. The largest absolute Gasteiger partial charge is 0.356 e. The second-order valence-electron chi connectivity index (χ2n) is 5.44. The first-order chi connectivity index (χ1) is 10.2. The monoisotopic (exact) mass is 295 g/mol. The molecule has 120 valence electrons. The number of hydrogen-bond acceptors (Lipinski definition) is 4. The molecular weight excluding hydrogens is 266 g/mol. The number of nitrogens with one attached hydrogen (secondary N) is 2. The van der Waals surface area contributed by atoms with Gasteiger partial charge in [0.1, 0.15) is 0 Å². The average molecular weight is 295 g/mol. The molecule has 6 heteroatoms. The van der Waals surface area contributed by atoms with E-state index in [9.17, 15) is 0 Å². The zero-order valence-corrected chi connectivity index (χ0v) is 13.8. The Labute approximate surface area is 127 Å². The highest BCUT2D eigenvalue weighted by Gasteiger charge is 2.09. The molecule has 0 amide bonds. The Morgan fingerprint density at radius 3 is 2.48 bits per heavy atom. The van der Waals surface area contributed by atoms with E-state index < -0.39 is 0 Å². The molecule has 0 fully saturated rings. The summed E-state index contributed by atoms with van der Waals surface area (Å²) in [6.45, 7) is 8.13. The minimum atomic E-state index is 0.312. The van der Waals surface area contributed by atoms with Gasteiger partial charge in [-0.05, 0) is 12.8 Å². The van der Waals surface area contributed by atoms with Crippen LogP contribution in [-0.2, 0) is 6.42 Å². The number of unbranched alkanes of at least 4 members (excludes halogenated alkanes) is 2. The van der Waals surface area contributed by atoms with E-state index in [1.54, 1.807) is 7.05 Å². The molecule has 0 atom stereocenters. The van der Waals surface area contributed by atoms with Crippen molar-refractivity contribution in [2.75, 3.05) is 20.1 Å². The zero-order chi connectivity index (χ0) is 15.5. The SMILES string of the molecule is CCCCCNC(=NC)NCCCc1nc(C(C)C)no1.